The zero-order chi connectivity index (χ0) is 12.5. The molecule has 0 radical (unpaired) electrons. The fraction of sp³-hybridized carbons (Fsp3) is 0.625. The fourth-order valence-electron chi connectivity index (χ4n) is 3.73. The summed E-state index contributed by atoms with van der Waals surface area (Å²) in [5, 5.41) is 0. The van der Waals surface area contributed by atoms with Gasteiger partial charge in [0.2, 0.25) is 0 Å². The molecule has 1 saturated carbocycles. The van der Waals surface area contributed by atoms with Gasteiger partial charge in [-0.25, -0.2) is 0 Å². The van der Waals surface area contributed by atoms with Gasteiger partial charge in [-0.15, -0.1) is 0 Å². The van der Waals surface area contributed by atoms with Crippen molar-refractivity contribution in [2.45, 2.75) is 45.4 Å². The molecule has 0 spiro atoms. The summed E-state index contributed by atoms with van der Waals surface area (Å²) in [6.45, 7) is 8.30. The van der Waals surface area contributed by atoms with Gasteiger partial charge in [0, 0.05) is 5.41 Å². The van der Waals surface area contributed by atoms with Gasteiger partial charge < -0.3 is 11.2 Å². The van der Waals surface area contributed by atoms with E-state index >= 15 is 0 Å². The van der Waals surface area contributed by atoms with Gasteiger partial charge >= 0.3 is 0 Å². The van der Waals surface area contributed by atoms with Crippen LogP contribution in [0.2, 0.25) is 0 Å². The molecule has 1 aliphatic rings. The molecule has 4 N–H and O–H groups in total. The van der Waals surface area contributed by atoms with Gasteiger partial charge in [0.25, 0.3) is 0 Å². The zero-order valence-corrected chi connectivity index (χ0v) is 11.9. The maximum absolute atomic E-state index is 4.29. The first-order valence-electron chi connectivity index (χ1n) is 6.89. The highest BCUT2D eigenvalue weighted by atomic mass is 16.0. The van der Waals surface area contributed by atoms with Crippen molar-refractivity contribution in [2.75, 3.05) is 6.54 Å². The smallest absolute Gasteiger partial charge is 0.0843 e. The SMILES string of the molecule is CC1CCCC(C[NH3+])(c2ccccc2)C1(C)C.[OH-]. The summed E-state index contributed by atoms with van der Waals surface area (Å²) >= 11 is 0. The highest BCUT2D eigenvalue weighted by molar-refractivity contribution is 5.29. The molecule has 2 rings (SSSR count). The van der Waals surface area contributed by atoms with Crippen molar-refractivity contribution in [3.8, 4) is 0 Å². The van der Waals surface area contributed by atoms with Crippen molar-refractivity contribution >= 4 is 0 Å². The predicted molar refractivity (Wildman–Crippen MR) is 74.6 cm³/mol. The van der Waals surface area contributed by atoms with E-state index in [9.17, 15) is 0 Å². The predicted octanol–water partition coefficient (Wildman–Crippen LogP) is 2.84. The molecule has 0 amide bonds. The van der Waals surface area contributed by atoms with Crippen LogP contribution in [0.25, 0.3) is 0 Å². The maximum Gasteiger partial charge on any atom is 0.0843 e. The number of hydrogen-bond donors (Lipinski definition) is 1. The summed E-state index contributed by atoms with van der Waals surface area (Å²) < 4.78 is 0. The van der Waals surface area contributed by atoms with E-state index in [1.807, 2.05) is 0 Å². The van der Waals surface area contributed by atoms with Crippen LogP contribution in [0.5, 0.6) is 0 Å². The van der Waals surface area contributed by atoms with E-state index in [4.69, 9.17) is 0 Å². The normalized spacial score (nSPS) is 30.6. The molecule has 1 fully saturated rings. The second-order valence-electron chi connectivity index (χ2n) is 6.21. The van der Waals surface area contributed by atoms with Crippen molar-refractivity contribution < 1.29 is 11.2 Å². The van der Waals surface area contributed by atoms with Crippen LogP contribution in [0.3, 0.4) is 0 Å². The Morgan fingerprint density at radius 1 is 1.22 bits per heavy atom. The van der Waals surface area contributed by atoms with E-state index in [1.54, 1.807) is 0 Å². The minimum absolute atomic E-state index is 0. The van der Waals surface area contributed by atoms with Crippen molar-refractivity contribution in [3.63, 3.8) is 0 Å². The molecule has 102 valence electrons. The summed E-state index contributed by atoms with van der Waals surface area (Å²) in [5.41, 5.74) is 6.39. The highest BCUT2D eigenvalue weighted by Crippen LogP contribution is 2.53. The van der Waals surface area contributed by atoms with Crippen molar-refractivity contribution in [1.29, 1.82) is 0 Å². The average molecular weight is 249 g/mol. The molecule has 0 aliphatic heterocycles. The Kier molecular flexibility index (Phi) is 4.57. The monoisotopic (exact) mass is 249 g/mol. The van der Waals surface area contributed by atoms with E-state index in [1.165, 1.54) is 24.8 Å². The van der Waals surface area contributed by atoms with Crippen LogP contribution in [-0.4, -0.2) is 12.0 Å². The topological polar surface area (TPSA) is 57.6 Å². The molecule has 0 bridgehead atoms. The Labute approximate surface area is 111 Å². The van der Waals surface area contributed by atoms with E-state index in [2.05, 4.69) is 56.8 Å². The molecule has 0 aromatic heterocycles. The van der Waals surface area contributed by atoms with Crippen LogP contribution < -0.4 is 5.73 Å². The fourth-order valence-corrected chi connectivity index (χ4v) is 3.73. The van der Waals surface area contributed by atoms with Gasteiger partial charge in [0.1, 0.15) is 0 Å². The van der Waals surface area contributed by atoms with Gasteiger partial charge in [0.05, 0.1) is 6.54 Å². The summed E-state index contributed by atoms with van der Waals surface area (Å²) in [6, 6.07) is 11.0. The molecule has 2 nitrogen and oxygen atoms in total. The van der Waals surface area contributed by atoms with E-state index in [0.29, 0.717) is 5.41 Å². The molecule has 1 aliphatic carbocycles. The Hall–Kier alpha value is -0.860. The summed E-state index contributed by atoms with van der Waals surface area (Å²) in [5.74, 6) is 0.776. The first-order valence-corrected chi connectivity index (χ1v) is 6.89. The Morgan fingerprint density at radius 3 is 2.39 bits per heavy atom. The molecule has 0 heterocycles. The van der Waals surface area contributed by atoms with Crippen molar-refractivity contribution in [2.24, 2.45) is 11.3 Å². The first-order chi connectivity index (χ1) is 8.04. The molecular formula is C16H27NO. The van der Waals surface area contributed by atoms with Crippen molar-refractivity contribution in [3.05, 3.63) is 35.9 Å². The third-order valence-corrected chi connectivity index (χ3v) is 5.46. The third kappa shape index (κ3) is 2.08. The van der Waals surface area contributed by atoms with Crippen LogP contribution in [0.4, 0.5) is 0 Å². The Morgan fingerprint density at radius 2 is 1.83 bits per heavy atom. The lowest BCUT2D eigenvalue weighted by Crippen LogP contribution is -2.66. The van der Waals surface area contributed by atoms with Crippen LogP contribution in [0.1, 0.15) is 45.6 Å². The number of quaternary nitrogens is 1. The quantitative estimate of drug-likeness (QED) is 0.861. The summed E-state index contributed by atoms with van der Waals surface area (Å²) in [4.78, 5) is 0. The lowest BCUT2D eigenvalue weighted by molar-refractivity contribution is -0.393. The molecule has 2 heteroatoms. The molecule has 0 saturated heterocycles. The van der Waals surface area contributed by atoms with Gasteiger partial charge in [-0.05, 0) is 23.3 Å². The van der Waals surface area contributed by atoms with E-state index in [0.717, 1.165) is 12.5 Å². The Balaban J connectivity index is 0.00000162. The first kappa shape index (κ1) is 15.2. The number of rotatable bonds is 2. The van der Waals surface area contributed by atoms with Crippen LogP contribution in [-0.2, 0) is 5.41 Å². The lowest BCUT2D eigenvalue weighted by Gasteiger charge is -2.52. The van der Waals surface area contributed by atoms with E-state index < -0.39 is 0 Å². The van der Waals surface area contributed by atoms with Crippen LogP contribution in [0, 0.1) is 11.3 Å². The number of hydrogen-bond acceptors (Lipinski definition) is 1. The standard InChI is InChI=1S/C16H25N.H2O/c1-13-8-7-11-16(12-17,15(13,2)3)14-9-5-4-6-10-14;/h4-6,9-10,13H,7-8,11-12,17H2,1-3H3;1H2. The van der Waals surface area contributed by atoms with Gasteiger partial charge in [-0.2, -0.15) is 0 Å². The maximum atomic E-state index is 4.29. The average Bonchev–Trinajstić information content (AvgIpc) is 2.34. The summed E-state index contributed by atoms with van der Waals surface area (Å²) in [6.07, 6.45) is 3.99. The second-order valence-corrected chi connectivity index (χ2v) is 6.21. The molecule has 18 heavy (non-hydrogen) atoms. The largest absolute Gasteiger partial charge is 0.870 e. The molecular weight excluding hydrogens is 222 g/mol. The highest BCUT2D eigenvalue weighted by Gasteiger charge is 2.51. The van der Waals surface area contributed by atoms with Gasteiger partial charge in [-0.1, -0.05) is 63.9 Å². The summed E-state index contributed by atoms with van der Waals surface area (Å²) in [7, 11) is 0. The molecule has 2 atom stereocenters. The van der Waals surface area contributed by atoms with Gasteiger partial charge in [-0.3, -0.25) is 0 Å². The third-order valence-electron chi connectivity index (χ3n) is 5.46. The Bertz CT molecular complexity index is 374. The second kappa shape index (κ2) is 5.41. The number of benzene rings is 1. The van der Waals surface area contributed by atoms with Crippen molar-refractivity contribution in [1.82, 2.24) is 0 Å². The van der Waals surface area contributed by atoms with Gasteiger partial charge in [0.15, 0.2) is 0 Å². The molecule has 2 unspecified atom stereocenters. The van der Waals surface area contributed by atoms with Crippen LogP contribution >= 0.6 is 0 Å². The molecule has 1 aromatic carbocycles. The van der Waals surface area contributed by atoms with E-state index in [-0.39, 0.29) is 10.9 Å². The molecule has 1 aromatic rings. The lowest BCUT2D eigenvalue weighted by atomic mass is 9.51. The minimum atomic E-state index is 0. The minimum Gasteiger partial charge on any atom is -0.870 e. The van der Waals surface area contributed by atoms with Crippen LogP contribution in [0.15, 0.2) is 30.3 Å². The zero-order valence-electron chi connectivity index (χ0n) is 11.9.